The van der Waals surface area contributed by atoms with E-state index in [2.05, 4.69) is 5.32 Å². The predicted octanol–water partition coefficient (Wildman–Crippen LogP) is 6.71. The van der Waals surface area contributed by atoms with Crippen molar-refractivity contribution in [2.45, 2.75) is 64.1 Å². The van der Waals surface area contributed by atoms with Crippen molar-refractivity contribution in [3.05, 3.63) is 130 Å². The van der Waals surface area contributed by atoms with Gasteiger partial charge in [0.25, 0.3) is 10.0 Å². The molecule has 0 aliphatic heterocycles. The van der Waals surface area contributed by atoms with Gasteiger partial charge in [0.05, 0.1) is 10.6 Å². The lowest BCUT2D eigenvalue weighted by atomic mass is 10.0. The van der Waals surface area contributed by atoms with Crippen molar-refractivity contribution in [3.63, 3.8) is 0 Å². The van der Waals surface area contributed by atoms with Crippen LogP contribution in [0.1, 0.15) is 42.5 Å². The second-order valence-corrected chi connectivity index (χ2v) is 13.5. The molecule has 0 saturated carbocycles. The molecule has 45 heavy (non-hydrogen) atoms. The normalized spacial score (nSPS) is 12.6. The minimum atomic E-state index is -4.17. The molecule has 0 aromatic heterocycles. The zero-order valence-corrected chi connectivity index (χ0v) is 27.7. The summed E-state index contributed by atoms with van der Waals surface area (Å²) in [6, 6.07) is 29.1. The average molecular weight is 646 g/mol. The lowest BCUT2D eigenvalue weighted by Crippen LogP contribution is -2.54. The second-order valence-electron chi connectivity index (χ2n) is 11.2. The highest BCUT2D eigenvalue weighted by atomic mass is 35.5. The van der Waals surface area contributed by atoms with Crippen LogP contribution in [0.15, 0.2) is 108 Å². The third-order valence-electron chi connectivity index (χ3n) is 7.84. The van der Waals surface area contributed by atoms with Gasteiger partial charge in [0, 0.05) is 24.0 Å². The van der Waals surface area contributed by atoms with Crippen molar-refractivity contribution < 1.29 is 18.0 Å². The number of carbonyl (C=O) groups is 2. The van der Waals surface area contributed by atoms with Crippen LogP contribution < -0.4 is 9.62 Å². The van der Waals surface area contributed by atoms with Crippen LogP contribution in [0.5, 0.6) is 0 Å². The molecule has 0 saturated heterocycles. The molecule has 2 amide bonds. The third-order valence-corrected chi connectivity index (χ3v) is 9.99. The van der Waals surface area contributed by atoms with E-state index >= 15 is 0 Å². The summed E-state index contributed by atoms with van der Waals surface area (Å²) in [4.78, 5) is 30.0. The molecule has 0 fully saturated rings. The van der Waals surface area contributed by atoms with Gasteiger partial charge >= 0.3 is 0 Å². The van der Waals surface area contributed by atoms with Gasteiger partial charge in [0.15, 0.2) is 0 Å². The maximum atomic E-state index is 14.6. The molecule has 0 unspecified atom stereocenters. The number of anilines is 1. The van der Waals surface area contributed by atoms with Gasteiger partial charge in [-0.2, -0.15) is 0 Å². The Labute approximate surface area is 271 Å². The molecule has 0 aliphatic rings. The van der Waals surface area contributed by atoms with Crippen LogP contribution in [0.3, 0.4) is 0 Å². The first-order valence-corrected chi connectivity index (χ1v) is 16.8. The van der Waals surface area contributed by atoms with E-state index in [9.17, 15) is 18.0 Å². The van der Waals surface area contributed by atoms with E-state index in [0.29, 0.717) is 28.3 Å². The van der Waals surface area contributed by atoms with E-state index in [1.165, 1.54) is 4.90 Å². The van der Waals surface area contributed by atoms with Gasteiger partial charge < -0.3 is 10.2 Å². The molecule has 4 rings (SSSR count). The molecule has 2 atom stereocenters. The van der Waals surface area contributed by atoms with Crippen LogP contribution in [-0.4, -0.2) is 43.8 Å². The van der Waals surface area contributed by atoms with E-state index in [1.54, 1.807) is 67.6 Å². The number of halogens is 1. The van der Waals surface area contributed by atoms with Crippen molar-refractivity contribution in [3.8, 4) is 0 Å². The van der Waals surface area contributed by atoms with Crippen LogP contribution in [-0.2, 0) is 32.6 Å². The third kappa shape index (κ3) is 8.53. The summed E-state index contributed by atoms with van der Waals surface area (Å²) in [5.74, 6) is -0.855. The summed E-state index contributed by atoms with van der Waals surface area (Å²) in [5, 5.41) is 3.49. The fourth-order valence-corrected chi connectivity index (χ4v) is 6.67. The minimum Gasteiger partial charge on any atom is -0.352 e. The van der Waals surface area contributed by atoms with Crippen LogP contribution in [0.4, 0.5) is 5.69 Å². The average Bonchev–Trinajstić information content (AvgIpc) is 3.03. The van der Waals surface area contributed by atoms with Gasteiger partial charge in [-0.25, -0.2) is 8.42 Å². The number of sulfonamides is 1. The smallest absolute Gasteiger partial charge is 0.264 e. The van der Waals surface area contributed by atoms with E-state index in [0.717, 1.165) is 15.4 Å². The fourth-order valence-electron chi connectivity index (χ4n) is 5.00. The van der Waals surface area contributed by atoms with E-state index in [-0.39, 0.29) is 29.8 Å². The first-order valence-electron chi connectivity index (χ1n) is 15.0. The lowest BCUT2D eigenvalue weighted by Gasteiger charge is -2.34. The number of benzene rings is 4. The van der Waals surface area contributed by atoms with Crippen LogP contribution in [0.25, 0.3) is 0 Å². The standard InChI is InChI=1S/C36H40ClN3O4S/c1-5-28(4)38-36(42)34(23-29-14-7-6-8-15-29)39(24-30-16-10-11-17-32(30)37)35(41)25-40(33-18-12-9-13-27(33)3)45(43,44)31-21-19-26(2)20-22-31/h6-22,28,34H,5,23-25H2,1-4H3,(H,38,42)/t28-,34+/m0/s1. The van der Waals surface area contributed by atoms with Crippen molar-refractivity contribution in [1.82, 2.24) is 10.2 Å². The minimum absolute atomic E-state index is 0.0100. The van der Waals surface area contributed by atoms with Crippen molar-refractivity contribution >= 4 is 39.1 Å². The number of nitrogens with zero attached hydrogens (tertiary/aromatic N) is 2. The van der Waals surface area contributed by atoms with E-state index in [1.807, 2.05) is 63.2 Å². The molecule has 1 N–H and O–H groups in total. The molecule has 0 bridgehead atoms. The first kappa shape index (κ1) is 33.7. The van der Waals surface area contributed by atoms with Crippen LogP contribution >= 0.6 is 11.6 Å². The Balaban J connectivity index is 1.83. The molecular weight excluding hydrogens is 606 g/mol. The first-order chi connectivity index (χ1) is 21.5. The highest BCUT2D eigenvalue weighted by Crippen LogP contribution is 2.28. The van der Waals surface area contributed by atoms with Crippen LogP contribution in [0.2, 0.25) is 5.02 Å². The Morgan fingerprint density at radius 1 is 0.844 bits per heavy atom. The Hall–Kier alpha value is -4.14. The Bertz CT molecular complexity index is 1710. The predicted molar refractivity (Wildman–Crippen MR) is 181 cm³/mol. The molecule has 236 valence electrons. The number of rotatable bonds is 13. The lowest BCUT2D eigenvalue weighted by molar-refractivity contribution is -0.140. The molecular formula is C36H40ClN3O4S. The maximum Gasteiger partial charge on any atom is 0.264 e. The number of para-hydroxylation sites is 1. The summed E-state index contributed by atoms with van der Waals surface area (Å²) in [7, 11) is -4.17. The molecule has 0 spiro atoms. The van der Waals surface area contributed by atoms with Gasteiger partial charge in [-0.3, -0.25) is 13.9 Å². The summed E-state index contributed by atoms with van der Waals surface area (Å²) < 4.78 is 29.5. The molecule has 7 nitrogen and oxygen atoms in total. The molecule has 0 radical (unpaired) electrons. The number of carbonyl (C=O) groups excluding carboxylic acids is 2. The monoisotopic (exact) mass is 645 g/mol. The summed E-state index contributed by atoms with van der Waals surface area (Å²) in [6.07, 6.45) is 0.937. The molecule has 0 aliphatic carbocycles. The Morgan fingerprint density at radius 2 is 1.47 bits per heavy atom. The largest absolute Gasteiger partial charge is 0.352 e. The van der Waals surface area contributed by atoms with Gasteiger partial charge in [0.2, 0.25) is 11.8 Å². The highest BCUT2D eigenvalue weighted by molar-refractivity contribution is 7.92. The zero-order chi connectivity index (χ0) is 32.6. The topological polar surface area (TPSA) is 86.8 Å². The van der Waals surface area contributed by atoms with Crippen molar-refractivity contribution in [2.75, 3.05) is 10.8 Å². The molecule has 0 heterocycles. The summed E-state index contributed by atoms with van der Waals surface area (Å²) >= 11 is 6.57. The second kappa shape index (κ2) is 15.2. The number of hydrogen-bond acceptors (Lipinski definition) is 4. The van der Waals surface area contributed by atoms with E-state index < -0.39 is 28.5 Å². The number of aryl methyl sites for hydroxylation is 2. The quantitative estimate of drug-likeness (QED) is 0.175. The SMILES string of the molecule is CC[C@H](C)NC(=O)[C@@H](Cc1ccccc1)N(Cc1ccccc1Cl)C(=O)CN(c1ccccc1C)S(=O)(=O)c1ccc(C)cc1. The van der Waals surface area contributed by atoms with Gasteiger partial charge in [-0.1, -0.05) is 103 Å². The fraction of sp³-hybridized carbons (Fsp3) is 0.278. The number of amides is 2. The summed E-state index contributed by atoms with van der Waals surface area (Å²) in [5.41, 5.74) is 3.49. The summed E-state index contributed by atoms with van der Waals surface area (Å²) in [6.45, 7) is 7.05. The van der Waals surface area contributed by atoms with Crippen LogP contribution in [0, 0.1) is 13.8 Å². The van der Waals surface area contributed by atoms with Gasteiger partial charge in [0.1, 0.15) is 12.6 Å². The molecule has 9 heteroatoms. The number of hydrogen-bond donors (Lipinski definition) is 1. The zero-order valence-electron chi connectivity index (χ0n) is 26.1. The molecule has 4 aromatic rings. The van der Waals surface area contributed by atoms with Gasteiger partial charge in [-0.15, -0.1) is 0 Å². The Kier molecular flexibility index (Phi) is 11.4. The van der Waals surface area contributed by atoms with Gasteiger partial charge in [-0.05, 0) is 68.1 Å². The van der Waals surface area contributed by atoms with Crippen molar-refractivity contribution in [2.24, 2.45) is 0 Å². The van der Waals surface area contributed by atoms with Crippen molar-refractivity contribution in [1.29, 1.82) is 0 Å². The molecule has 4 aromatic carbocycles. The number of nitrogens with one attached hydrogen (secondary N) is 1. The maximum absolute atomic E-state index is 14.6. The Morgan fingerprint density at radius 3 is 2.11 bits per heavy atom. The highest BCUT2D eigenvalue weighted by Gasteiger charge is 2.35. The van der Waals surface area contributed by atoms with E-state index in [4.69, 9.17) is 11.6 Å².